The lowest BCUT2D eigenvalue weighted by molar-refractivity contribution is -0.137. The molecule has 2 N–H and O–H groups in total. The SMILES string of the molecule is CC(=O)Nc1c[nH]c2ccc(O[C@@H](C)Cc3ccc(C(F)(F)F)cc3)cc12. The van der Waals surface area contributed by atoms with Crippen LogP contribution in [0.2, 0.25) is 0 Å². The molecule has 1 amide bonds. The van der Waals surface area contributed by atoms with E-state index in [0.717, 1.165) is 28.6 Å². The van der Waals surface area contributed by atoms with Crippen LogP contribution in [0.4, 0.5) is 18.9 Å². The molecule has 2 aromatic carbocycles. The maximum atomic E-state index is 12.6. The Morgan fingerprint density at radius 2 is 1.89 bits per heavy atom. The van der Waals surface area contributed by atoms with Crippen molar-refractivity contribution in [1.29, 1.82) is 0 Å². The number of H-pyrrole nitrogens is 1. The number of rotatable bonds is 5. The molecular formula is C20H19F3N2O2. The van der Waals surface area contributed by atoms with E-state index in [2.05, 4.69) is 10.3 Å². The van der Waals surface area contributed by atoms with E-state index in [1.54, 1.807) is 12.3 Å². The first kappa shape index (κ1) is 18.8. The molecule has 1 aromatic heterocycles. The Morgan fingerprint density at radius 1 is 1.19 bits per heavy atom. The van der Waals surface area contributed by atoms with Crippen molar-refractivity contribution in [1.82, 2.24) is 4.98 Å². The summed E-state index contributed by atoms with van der Waals surface area (Å²) in [6.45, 7) is 3.29. The lowest BCUT2D eigenvalue weighted by Crippen LogP contribution is -2.15. The smallest absolute Gasteiger partial charge is 0.416 e. The summed E-state index contributed by atoms with van der Waals surface area (Å²) < 4.78 is 43.8. The quantitative estimate of drug-likeness (QED) is 0.647. The number of hydrogen-bond donors (Lipinski definition) is 2. The molecule has 27 heavy (non-hydrogen) atoms. The van der Waals surface area contributed by atoms with Crippen LogP contribution in [0.15, 0.2) is 48.7 Å². The van der Waals surface area contributed by atoms with Crippen molar-refractivity contribution in [3.05, 3.63) is 59.8 Å². The Balaban J connectivity index is 1.70. The van der Waals surface area contributed by atoms with Gasteiger partial charge in [0.05, 0.1) is 17.4 Å². The van der Waals surface area contributed by atoms with E-state index in [9.17, 15) is 18.0 Å². The van der Waals surface area contributed by atoms with Gasteiger partial charge in [0.25, 0.3) is 0 Å². The van der Waals surface area contributed by atoms with Gasteiger partial charge in [-0.15, -0.1) is 0 Å². The second-order valence-electron chi connectivity index (χ2n) is 6.42. The van der Waals surface area contributed by atoms with Crippen LogP contribution >= 0.6 is 0 Å². The molecule has 0 unspecified atom stereocenters. The van der Waals surface area contributed by atoms with E-state index in [1.165, 1.54) is 19.1 Å². The van der Waals surface area contributed by atoms with Crippen molar-refractivity contribution in [2.45, 2.75) is 32.5 Å². The predicted octanol–water partition coefficient (Wildman–Crippen LogP) is 5.16. The molecule has 0 fully saturated rings. The highest BCUT2D eigenvalue weighted by molar-refractivity contribution is 6.01. The number of benzene rings is 2. The minimum absolute atomic E-state index is 0.169. The van der Waals surface area contributed by atoms with Crippen LogP contribution in [0.5, 0.6) is 5.75 Å². The molecule has 4 nitrogen and oxygen atoms in total. The summed E-state index contributed by atoms with van der Waals surface area (Å²) in [4.78, 5) is 14.3. The Morgan fingerprint density at radius 3 is 2.52 bits per heavy atom. The van der Waals surface area contributed by atoms with E-state index in [1.807, 2.05) is 19.1 Å². The number of ether oxygens (including phenoxy) is 1. The van der Waals surface area contributed by atoms with Crippen molar-refractivity contribution < 1.29 is 22.7 Å². The third-order valence-corrected chi connectivity index (χ3v) is 4.11. The number of carbonyl (C=O) groups excluding carboxylic acids is 1. The molecule has 0 aliphatic rings. The Hall–Kier alpha value is -2.96. The first-order chi connectivity index (χ1) is 12.7. The van der Waals surface area contributed by atoms with Gasteiger partial charge < -0.3 is 15.0 Å². The molecule has 1 atom stereocenters. The number of amides is 1. The average Bonchev–Trinajstić information content (AvgIpc) is 2.96. The number of nitrogens with one attached hydrogen (secondary N) is 2. The highest BCUT2D eigenvalue weighted by atomic mass is 19.4. The van der Waals surface area contributed by atoms with Crippen molar-refractivity contribution in [2.24, 2.45) is 0 Å². The summed E-state index contributed by atoms with van der Waals surface area (Å²) in [7, 11) is 0. The van der Waals surface area contributed by atoms with Crippen molar-refractivity contribution in [3.8, 4) is 5.75 Å². The molecule has 3 aromatic rings. The maximum Gasteiger partial charge on any atom is 0.416 e. The number of carbonyl (C=O) groups is 1. The summed E-state index contributed by atoms with van der Waals surface area (Å²) in [5.74, 6) is 0.450. The van der Waals surface area contributed by atoms with Crippen LogP contribution in [0.1, 0.15) is 25.0 Å². The monoisotopic (exact) mass is 376 g/mol. The summed E-state index contributed by atoms with van der Waals surface area (Å²) in [5, 5.41) is 3.57. The summed E-state index contributed by atoms with van der Waals surface area (Å²) in [6.07, 6.45) is -2.39. The second kappa shape index (κ2) is 7.34. The van der Waals surface area contributed by atoms with Crippen LogP contribution in [0.3, 0.4) is 0 Å². The number of aromatic nitrogens is 1. The van der Waals surface area contributed by atoms with Crippen molar-refractivity contribution >= 4 is 22.5 Å². The Labute approximate surface area is 154 Å². The van der Waals surface area contributed by atoms with Gasteiger partial charge in [0.2, 0.25) is 5.91 Å². The molecule has 0 saturated carbocycles. The first-order valence-corrected chi connectivity index (χ1v) is 8.44. The minimum atomic E-state index is -4.34. The average molecular weight is 376 g/mol. The highest BCUT2D eigenvalue weighted by Crippen LogP contribution is 2.30. The van der Waals surface area contributed by atoms with E-state index in [0.29, 0.717) is 17.9 Å². The second-order valence-corrected chi connectivity index (χ2v) is 6.42. The van der Waals surface area contributed by atoms with Gasteiger partial charge in [-0.05, 0) is 42.8 Å². The zero-order valence-corrected chi connectivity index (χ0v) is 14.9. The van der Waals surface area contributed by atoms with Crippen LogP contribution in [0.25, 0.3) is 10.9 Å². The minimum Gasteiger partial charge on any atom is -0.490 e. The number of hydrogen-bond acceptors (Lipinski definition) is 2. The van der Waals surface area contributed by atoms with E-state index in [-0.39, 0.29) is 12.0 Å². The largest absolute Gasteiger partial charge is 0.490 e. The van der Waals surface area contributed by atoms with Gasteiger partial charge in [0.15, 0.2) is 0 Å². The fourth-order valence-corrected chi connectivity index (χ4v) is 2.90. The molecule has 0 radical (unpaired) electrons. The number of halogens is 3. The molecule has 3 rings (SSSR count). The molecule has 1 heterocycles. The van der Waals surface area contributed by atoms with Crippen LogP contribution in [-0.4, -0.2) is 17.0 Å². The fourth-order valence-electron chi connectivity index (χ4n) is 2.90. The number of fused-ring (bicyclic) bond motifs is 1. The van der Waals surface area contributed by atoms with E-state index < -0.39 is 11.7 Å². The molecule has 0 aliphatic carbocycles. The van der Waals surface area contributed by atoms with Gasteiger partial charge in [-0.2, -0.15) is 13.2 Å². The third-order valence-electron chi connectivity index (χ3n) is 4.11. The highest BCUT2D eigenvalue weighted by Gasteiger charge is 2.29. The first-order valence-electron chi connectivity index (χ1n) is 8.44. The van der Waals surface area contributed by atoms with Crippen molar-refractivity contribution in [3.63, 3.8) is 0 Å². The molecule has 0 bridgehead atoms. The maximum absolute atomic E-state index is 12.6. The van der Waals surface area contributed by atoms with E-state index in [4.69, 9.17) is 4.74 Å². The normalized spacial score (nSPS) is 12.8. The number of anilines is 1. The van der Waals surface area contributed by atoms with E-state index >= 15 is 0 Å². The number of alkyl halides is 3. The van der Waals surface area contributed by atoms with Gasteiger partial charge in [-0.25, -0.2) is 0 Å². The zero-order chi connectivity index (χ0) is 19.6. The van der Waals surface area contributed by atoms with Crippen LogP contribution in [0, 0.1) is 0 Å². The van der Waals surface area contributed by atoms with Gasteiger partial charge in [0, 0.05) is 30.4 Å². The molecular weight excluding hydrogens is 357 g/mol. The molecule has 0 aliphatic heterocycles. The molecule has 142 valence electrons. The van der Waals surface area contributed by atoms with Gasteiger partial charge in [-0.3, -0.25) is 4.79 Å². The van der Waals surface area contributed by atoms with Crippen molar-refractivity contribution in [2.75, 3.05) is 5.32 Å². The van der Waals surface area contributed by atoms with Gasteiger partial charge in [-0.1, -0.05) is 12.1 Å². The summed E-state index contributed by atoms with van der Waals surface area (Å²) in [6, 6.07) is 10.6. The zero-order valence-electron chi connectivity index (χ0n) is 14.9. The van der Waals surface area contributed by atoms with Crippen LogP contribution < -0.4 is 10.1 Å². The third kappa shape index (κ3) is 4.61. The fraction of sp³-hybridized carbons (Fsp3) is 0.250. The molecule has 0 saturated heterocycles. The number of aromatic amines is 1. The lowest BCUT2D eigenvalue weighted by atomic mass is 10.1. The standard InChI is InChI=1S/C20H19F3N2O2/c1-12(9-14-3-5-15(6-4-14)20(21,22)23)27-16-7-8-18-17(10-16)19(11-24-18)25-13(2)26/h3-8,10-12,24H,9H2,1-2H3,(H,25,26)/t12-/m0/s1. The summed E-state index contributed by atoms with van der Waals surface area (Å²) in [5.41, 5.74) is 1.63. The van der Waals surface area contributed by atoms with Gasteiger partial charge in [0.1, 0.15) is 5.75 Å². The van der Waals surface area contributed by atoms with Gasteiger partial charge >= 0.3 is 6.18 Å². The predicted molar refractivity (Wildman–Crippen MR) is 97.8 cm³/mol. The Bertz CT molecular complexity index is 946. The van der Waals surface area contributed by atoms with Crippen LogP contribution in [-0.2, 0) is 17.4 Å². The molecule has 7 heteroatoms. The molecule has 0 spiro atoms. The topological polar surface area (TPSA) is 54.1 Å². The summed E-state index contributed by atoms with van der Waals surface area (Å²) >= 11 is 0. The Kier molecular flexibility index (Phi) is 5.12. The lowest BCUT2D eigenvalue weighted by Gasteiger charge is -2.16.